The molecule has 0 aromatic carbocycles. The highest BCUT2D eigenvalue weighted by atomic mass is 19.4. The highest BCUT2D eigenvalue weighted by Gasteiger charge is 2.42. The number of carbonyl (C=O) groups excluding carboxylic acids is 2. The molecule has 14 heteroatoms. The van der Waals surface area contributed by atoms with Gasteiger partial charge in [0.2, 0.25) is 0 Å². The number of aryl methyl sites for hydroxylation is 1. The molecule has 0 radical (unpaired) electrons. The van der Waals surface area contributed by atoms with Crippen molar-refractivity contribution in [1.82, 2.24) is 25.5 Å². The Balaban J connectivity index is 1.45. The standard InChI is InChI=1S/C21H21F3N8O3/c1-10-2-3-12-16(25-10)29-30-17(12)28-20(35)32-11-6-7-31(8-11)14-5-4-13(26-18(14)32)19(34)27-15(9-33)21(22,23)24/h2-5,11,15,33H,6-9H2,1H3,(H,27,34)(H2,25,28,29,30,35)/t11-,15?/m0/s1. The van der Waals surface area contributed by atoms with Gasteiger partial charge in [0.1, 0.15) is 11.7 Å². The molecule has 2 aliphatic heterocycles. The molecule has 1 saturated heterocycles. The predicted molar refractivity (Wildman–Crippen MR) is 119 cm³/mol. The summed E-state index contributed by atoms with van der Waals surface area (Å²) in [5.74, 6) is -0.688. The summed E-state index contributed by atoms with van der Waals surface area (Å²) in [6, 6.07) is 3.18. The number of aliphatic hydroxyl groups excluding tert-OH is 1. The quantitative estimate of drug-likeness (QED) is 0.438. The van der Waals surface area contributed by atoms with E-state index in [9.17, 15) is 22.8 Å². The van der Waals surface area contributed by atoms with E-state index in [4.69, 9.17) is 5.11 Å². The molecule has 2 aliphatic rings. The first-order valence-corrected chi connectivity index (χ1v) is 10.8. The number of nitrogens with one attached hydrogen (secondary N) is 3. The third-order valence-corrected chi connectivity index (χ3v) is 6.07. The maximum atomic E-state index is 13.4. The lowest BCUT2D eigenvalue weighted by molar-refractivity contribution is -0.161. The molecule has 2 atom stereocenters. The van der Waals surface area contributed by atoms with Gasteiger partial charge < -0.3 is 15.3 Å². The minimum Gasteiger partial charge on any atom is -0.394 e. The number of carbonyl (C=O) groups is 2. The highest BCUT2D eigenvalue weighted by Crippen LogP contribution is 2.39. The van der Waals surface area contributed by atoms with Gasteiger partial charge in [0.25, 0.3) is 5.91 Å². The molecule has 1 unspecified atom stereocenters. The SMILES string of the molecule is Cc1ccc2c(NC(=O)N3c4nc(C(=O)NC(CO)C(F)(F)F)ccc4N4CC[C@H]3C4)n[nH]c2n1. The van der Waals surface area contributed by atoms with E-state index in [1.54, 1.807) is 23.5 Å². The second-order valence-corrected chi connectivity index (χ2v) is 8.40. The summed E-state index contributed by atoms with van der Waals surface area (Å²) in [6.45, 7) is 1.72. The molecule has 3 amide bonds. The first-order valence-electron chi connectivity index (χ1n) is 10.8. The minimum absolute atomic E-state index is 0.158. The fourth-order valence-corrected chi connectivity index (χ4v) is 4.32. The summed E-state index contributed by atoms with van der Waals surface area (Å²) in [7, 11) is 0. The third kappa shape index (κ3) is 4.09. The second-order valence-electron chi connectivity index (χ2n) is 8.40. The Kier molecular flexibility index (Phi) is 5.46. The van der Waals surface area contributed by atoms with Crippen LogP contribution in [0.1, 0.15) is 22.6 Å². The fraction of sp³-hybridized carbons (Fsp3) is 0.381. The number of aromatic nitrogens is 4. The van der Waals surface area contributed by atoms with E-state index in [1.165, 1.54) is 11.0 Å². The van der Waals surface area contributed by atoms with Crippen molar-refractivity contribution in [3.8, 4) is 0 Å². The van der Waals surface area contributed by atoms with Gasteiger partial charge in [-0.2, -0.15) is 18.3 Å². The van der Waals surface area contributed by atoms with Gasteiger partial charge >= 0.3 is 12.2 Å². The van der Waals surface area contributed by atoms with Gasteiger partial charge in [-0.25, -0.2) is 14.8 Å². The molecule has 184 valence electrons. The van der Waals surface area contributed by atoms with Gasteiger partial charge in [-0.15, -0.1) is 0 Å². The van der Waals surface area contributed by atoms with Crippen LogP contribution in [-0.4, -0.2) is 75.2 Å². The molecule has 1 fully saturated rings. The molecule has 4 N–H and O–H groups in total. The molecule has 11 nitrogen and oxygen atoms in total. The number of amides is 3. The Bertz CT molecular complexity index is 1310. The molecular weight excluding hydrogens is 469 g/mol. The van der Waals surface area contributed by atoms with Crippen molar-refractivity contribution in [3.63, 3.8) is 0 Å². The molecule has 0 saturated carbocycles. The molecule has 5 heterocycles. The van der Waals surface area contributed by atoms with Crippen molar-refractivity contribution in [2.45, 2.75) is 31.6 Å². The zero-order valence-corrected chi connectivity index (χ0v) is 18.4. The normalized spacial score (nSPS) is 17.9. The molecule has 35 heavy (non-hydrogen) atoms. The summed E-state index contributed by atoms with van der Waals surface area (Å²) in [4.78, 5) is 37.8. The monoisotopic (exact) mass is 490 g/mol. The molecule has 0 spiro atoms. The summed E-state index contributed by atoms with van der Waals surface area (Å²) in [5, 5.41) is 21.0. The lowest BCUT2D eigenvalue weighted by Crippen LogP contribution is -2.49. The van der Waals surface area contributed by atoms with Gasteiger partial charge in [0.05, 0.1) is 23.7 Å². The lowest BCUT2D eigenvalue weighted by Gasteiger charge is -2.35. The average Bonchev–Trinajstić information content (AvgIpc) is 3.40. The largest absolute Gasteiger partial charge is 0.410 e. The van der Waals surface area contributed by atoms with Crippen LogP contribution >= 0.6 is 0 Å². The highest BCUT2D eigenvalue weighted by molar-refractivity contribution is 6.08. The smallest absolute Gasteiger partial charge is 0.394 e. The number of aromatic amines is 1. The van der Waals surface area contributed by atoms with Crippen LogP contribution in [0.2, 0.25) is 0 Å². The van der Waals surface area contributed by atoms with E-state index in [0.717, 1.165) is 5.69 Å². The number of aliphatic hydroxyl groups is 1. The number of hydrogen-bond acceptors (Lipinski definition) is 7. The summed E-state index contributed by atoms with van der Waals surface area (Å²) in [5.41, 5.74) is 1.56. The van der Waals surface area contributed by atoms with Crippen molar-refractivity contribution in [3.05, 3.63) is 35.7 Å². The summed E-state index contributed by atoms with van der Waals surface area (Å²) >= 11 is 0. The van der Waals surface area contributed by atoms with Gasteiger partial charge in [0, 0.05) is 18.8 Å². The maximum Gasteiger partial charge on any atom is 0.410 e. The van der Waals surface area contributed by atoms with E-state index in [1.807, 2.05) is 11.8 Å². The van der Waals surface area contributed by atoms with Gasteiger partial charge in [-0.3, -0.25) is 20.1 Å². The minimum atomic E-state index is -4.82. The van der Waals surface area contributed by atoms with Crippen molar-refractivity contribution in [2.24, 2.45) is 0 Å². The fourth-order valence-electron chi connectivity index (χ4n) is 4.32. The van der Waals surface area contributed by atoms with Crippen LogP contribution < -0.4 is 20.4 Å². The van der Waals surface area contributed by atoms with Crippen molar-refractivity contribution in [2.75, 3.05) is 34.8 Å². The Labute approximate surface area is 196 Å². The summed E-state index contributed by atoms with van der Waals surface area (Å²) < 4.78 is 39.0. The number of rotatable bonds is 4. The average molecular weight is 490 g/mol. The number of H-pyrrole nitrogens is 1. The van der Waals surface area contributed by atoms with Crippen LogP contribution in [0.4, 0.5) is 35.3 Å². The number of urea groups is 1. The second kappa shape index (κ2) is 8.37. The molecular formula is C21H21F3N8O3. The lowest BCUT2D eigenvalue weighted by atomic mass is 10.1. The van der Waals surface area contributed by atoms with Crippen molar-refractivity contribution in [1.29, 1.82) is 0 Å². The number of alkyl halides is 3. The molecule has 3 aromatic heterocycles. The zero-order valence-electron chi connectivity index (χ0n) is 18.4. The Morgan fingerprint density at radius 1 is 1.26 bits per heavy atom. The van der Waals surface area contributed by atoms with E-state index in [2.05, 4.69) is 25.5 Å². The molecule has 0 aliphatic carbocycles. The number of anilines is 3. The van der Waals surface area contributed by atoms with Crippen LogP contribution in [-0.2, 0) is 0 Å². The van der Waals surface area contributed by atoms with Gasteiger partial charge in [-0.05, 0) is 37.6 Å². The Hall–Kier alpha value is -3.94. The number of halogens is 3. The first-order chi connectivity index (χ1) is 16.7. The number of pyridine rings is 2. The van der Waals surface area contributed by atoms with E-state index < -0.39 is 30.8 Å². The zero-order chi connectivity index (χ0) is 24.9. The first kappa shape index (κ1) is 22.8. The van der Waals surface area contributed by atoms with Gasteiger partial charge in [-0.1, -0.05) is 0 Å². The van der Waals surface area contributed by atoms with Crippen LogP contribution in [0.5, 0.6) is 0 Å². The van der Waals surface area contributed by atoms with Crippen molar-refractivity contribution >= 4 is 40.3 Å². The van der Waals surface area contributed by atoms with Gasteiger partial charge in [0.15, 0.2) is 17.3 Å². The number of hydrogen-bond donors (Lipinski definition) is 4. The van der Waals surface area contributed by atoms with Crippen LogP contribution in [0.3, 0.4) is 0 Å². The van der Waals surface area contributed by atoms with E-state index in [0.29, 0.717) is 36.2 Å². The van der Waals surface area contributed by atoms with E-state index >= 15 is 0 Å². The van der Waals surface area contributed by atoms with Crippen LogP contribution in [0.25, 0.3) is 11.0 Å². The van der Waals surface area contributed by atoms with Crippen LogP contribution in [0.15, 0.2) is 24.3 Å². The maximum absolute atomic E-state index is 13.4. The number of fused-ring (bicyclic) bond motifs is 5. The van der Waals surface area contributed by atoms with Crippen molar-refractivity contribution < 1.29 is 27.9 Å². The predicted octanol–water partition coefficient (Wildman–Crippen LogP) is 1.95. The third-order valence-electron chi connectivity index (χ3n) is 6.07. The topological polar surface area (TPSA) is 139 Å². The Morgan fingerprint density at radius 2 is 2.06 bits per heavy atom. The van der Waals surface area contributed by atoms with Crippen LogP contribution in [0, 0.1) is 6.92 Å². The summed E-state index contributed by atoms with van der Waals surface area (Å²) in [6.07, 6.45) is -4.18. The molecule has 2 bridgehead atoms. The molecule has 3 aromatic rings. The Morgan fingerprint density at radius 3 is 2.80 bits per heavy atom. The molecule has 5 rings (SSSR count). The number of nitrogens with zero attached hydrogens (tertiary/aromatic N) is 5. The van der Waals surface area contributed by atoms with E-state index in [-0.39, 0.29) is 23.4 Å².